The summed E-state index contributed by atoms with van der Waals surface area (Å²) in [4.78, 5) is 13.5. The molecule has 0 spiro atoms. The van der Waals surface area contributed by atoms with Crippen molar-refractivity contribution in [2.75, 3.05) is 13.7 Å². The molecule has 4 nitrogen and oxygen atoms in total. The van der Waals surface area contributed by atoms with Crippen LogP contribution in [0.15, 0.2) is 18.2 Å². The third-order valence-corrected chi connectivity index (χ3v) is 3.76. The Morgan fingerprint density at radius 2 is 2.37 bits per heavy atom. The standard InChI is InChI=1S/C14H19FN2O2/c1-9(8-18)17(2)14(19)16-13-7-6-10-11(13)4-3-5-12(10)15/h3-5,9,13,18H,6-8H2,1-2H3,(H,16,19). The van der Waals surface area contributed by atoms with Gasteiger partial charge in [-0.15, -0.1) is 0 Å². The number of benzene rings is 1. The first-order valence-corrected chi connectivity index (χ1v) is 6.46. The van der Waals surface area contributed by atoms with Crippen molar-refractivity contribution < 1.29 is 14.3 Å². The van der Waals surface area contributed by atoms with Gasteiger partial charge in [-0.25, -0.2) is 9.18 Å². The summed E-state index contributed by atoms with van der Waals surface area (Å²) in [6, 6.07) is 4.33. The summed E-state index contributed by atoms with van der Waals surface area (Å²) >= 11 is 0. The van der Waals surface area contributed by atoms with Crippen LogP contribution in [0.1, 0.15) is 30.5 Å². The van der Waals surface area contributed by atoms with Crippen molar-refractivity contribution in [2.24, 2.45) is 0 Å². The van der Waals surface area contributed by atoms with Gasteiger partial charge in [-0.2, -0.15) is 0 Å². The van der Waals surface area contributed by atoms with Crippen LogP contribution in [0.3, 0.4) is 0 Å². The molecule has 2 atom stereocenters. The van der Waals surface area contributed by atoms with E-state index in [4.69, 9.17) is 5.11 Å². The lowest BCUT2D eigenvalue weighted by molar-refractivity contribution is 0.155. The van der Waals surface area contributed by atoms with E-state index in [1.165, 1.54) is 11.0 Å². The first-order chi connectivity index (χ1) is 9.04. The van der Waals surface area contributed by atoms with Gasteiger partial charge in [0.2, 0.25) is 0 Å². The monoisotopic (exact) mass is 266 g/mol. The molecular weight excluding hydrogens is 247 g/mol. The average Bonchev–Trinajstić information content (AvgIpc) is 2.81. The molecule has 0 saturated carbocycles. The molecule has 0 aliphatic heterocycles. The number of aliphatic hydroxyl groups excluding tert-OH is 1. The van der Waals surface area contributed by atoms with E-state index in [9.17, 15) is 9.18 Å². The fourth-order valence-corrected chi connectivity index (χ4v) is 2.33. The fraction of sp³-hybridized carbons (Fsp3) is 0.500. The van der Waals surface area contributed by atoms with E-state index in [1.807, 2.05) is 6.07 Å². The van der Waals surface area contributed by atoms with Gasteiger partial charge in [-0.1, -0.05) is 12.1 Å². The Hall–Kier alpha value is -1.62. The van der Waals surface area contributed by atoms with E-state index in [0.29, 0.717) is 18.4 Å². The SMILES string of the molecule is CC(CO)N(C)C(=O)NC1CCc2c(F)cccc21. The Bertz CT molecular complexity index is 479. The molecule has 1 aromatic rings. The maximum Gasteiger partial charge on any atom is 0.317 e. The maximum absolute atomic E-state index is 13.6. The summed E-state index contributed by atoms with van der Waals surface area (Å²) < 4.78 is 13.6. The summed E-state index contributed by atoms with van der Waals surface area (Å²) in [6.07, 6.45) is 1.36. The lowest BCUT2D eigenvalue weighted by Gasteiger charge is -2.25. The number of hydrogen-bond acceptors (Lipinski definition) is 2. The van der Waals surface area contributed by atoms with E-state index in [1.54, 1.807) is 20.0 Å². The number of urea groups is 1. The van der Waals surface area contributed by atoms with Crippen LogP contribution in [0.4, 0.5) is 9.18 Å². The highest BCUT2D eigenvalue weighted by Gasteiger charge is 2.27. The molecule has 104 valence electrons. The molecule has 2 unspecified atom stereocenters. The topological polar surface area (TPSA) is 52.6 Å². The second kappa shape index (κ2) is 5.57. The van der Waals surface area contributed by atoms with Crippen LogP contribution in [0.2, 0.25) is 0 Å². The molecule has 1 aromatic carbocycles. The molecule has 0 saturated heterocycles. The maximum atomic E-state index is 13.6. The molecule has 5 heteroatoms. The third kappa shape index (κ3) is 2.71. The predicted octanol–water partition coefficient (Wildman–Crippen LogP) is 1.84. The van der Waals surface area contributed by atoms with Gasteiger partial charge < -0.3 is 15.3 Å². The van der Waals surface area contributed by atoms with Crippen LogP contribution in [0.5, 0.6) is 0 Å². The molecule has 0 heterocycles. The van der Waals surface area contributed by atoms with Gasteiger partial charge in [0.05, 0.1) is 18.7 Å². The zero-order valence-electron chi connectivity index (χ0n) is 11.2. The lowest BCUT2D eigenvalue weighted by Crippen LogP contribution is -2.44. The smallest absolute Gasteiger partial charge is 0.317 e. The average molecular weight is 266 g/mol. The third-order valence-electron chi connectivity index (χ3n) is 3.76. The molecule has 2 rings (SSSR count). The van der Waals surface area contributed by atoms with Crippen LogP contribution in [0, 0.1) is 5.82 Å². The van der Waals surface area contributed by atoms with Gasteiger partial charge in [0.25, 0.3) is 0 Å². The zero-order chi connectivity index (χ0) is 14.0. The van der Waals surface area contributed by atoms with Crippen molar-refractivity contribution in [2.45, 2.75) is 31.8 Å². The summed E-state index contributed by atoms with van der Waals surface area (Å²) in [7, 11) is 1.64. The number of hydrogen-bond donors (Lipinski definition) is 2. The van der Waals surface area contributed by atoms with E-state index < -0.39 is 0 Å². The second-order valence-electron chi connectivity index (χ2n) is 4.99. The van der Waals surface area contributed by atoms with E-state index in [-0.39, 0.29) is 30.5 Å². The number of nitrogens with one attached hydrogen (secondary N) is 1. The normalized spacial score (nSPS) is 18.8. The number of amides is 2. The number of likely N-dealkylation sites (N-methyl/N-ethyl adjacent to an activating group) is 1. The summed E-state index contributed by atoms with van der Waals surface area (Å²) in [5, 5.41) is 11.9. The minimum atomic E-state index is -0.247. The Kier molecular flexibility index (Phi) is 4.04. The Morgan fingerprint density at radius 1 is 1.63 bits per heavy atom. The molecule has 19 heavy (non-hydrogen) atoms. The highest BCUT2D eigenvalue weighted by Crippen LogP contribution is 2.32. The number of fused-ring (bicyclic) bond motifs is 1. The van der Waals surface area contributed by atoms with Crippen molar-refractivity contribution in [3.8, 4) is 0 Å². The highest BCUT2D eigenvalue weighted by atomic mass is 19.1. The quantitative estimate of drug-likeness (QED) is 0.877. The molecule has 0 radical (unpaired) electrons. The van der Waals surface area contributed by atoms with Gasteiger partial charge in [-0.05, 0) is 37.0 Å². The van der Waals surface area contributed by atoms with E-state index in [0.717, 1.165) is 5.56 Å². The van der Waals surface area contributed by atoms with Crippen molar-refractivity contribution in [1.29, 1.82) is 0 Å². The Balaban J connectivity index is 2.07. The van der Waals surface area contributed by atoms with Crippen molar-refractivity contribution in [3.05, 3.63) is 35.1 Å². The second-order valence-corrected chi connectivity index (χ2v) is 4.99. The largest absolute Gasteiger partial charge is 0.394 e. The molecular formula is C14H19FN2O2. The molecule has 0 bridgehead atoms. The number of carbonyl (C=O) groups is 1. The summed E-state index contributed by atoms with van der Waals surface area (Å²) in [5.41, 5.74) is 1.56. The highest BCUT2D eigenvalue weighted by molar-refractivity contribution is 5.75. The molecule has 1 aliphatic carbocycles. The Morgan fingerprint density at radius 3 is 3.05 bits per heavy atom. The van der Waals surface area contributed by atoms with E-state index >= 15 is 0 Å². The van der Waals surface area contributed by atoms with Crippen LogP contribution >= 0.6 is 0 Å². The Labute approximate surface area is 112 Å². The zero-order valence-corrected chi connectivity index (χ0v) is 11.2. The first kappa shape index (κ1) is 13.8. The first-order valence-electron chi connectivity index (χ1n) is 6.46. The van der Waals surface area contributed by atoms with Crippen molar-refractivity contribution >= 4 is 6.03 Å². The van der Waals surface area contributed by atoms with Gasteiger partial charge in [-0.3, -0.25) is 0 Å². The summed E-state index contributed by atoms with van der Waals surface area (Å²) in [5.74, 6) is -0.202. The molecule has 1 aliphatic rings. The predicted molar refractivity (Wildman–Crippen MR) is 70.3 cm³/mol. The number of aliphatic hydroxyl groups is 1. The number of halogens is 1. The van der Waals surface area contributed by atoms with Gasteiger partial charge in [0.1, 0.15) is 5.82 Å². The minimum absolute atomic E-state index is 0.0835. The fourth-order valence-electron chi connectivity index (χ4n) is 2.33. The molecule has 0 aromatic heterocycles. The van der Waals surface area contributed by atoms with Crippen molar-refractivity contribution in [1.82, 2.24) is 10.2 Å². The van der Waals surface area contributed by atoms with Gasteiger partial charge >= 0.3 is 6.03 Å². The number of carbonyl (C=O) groups excluding carboxylic acids is 1. The number of rotatable bonds is 3. The van der Waals surface area contributed by atoms with Gasteiger partial charge in [0.15, 0.2) is 0 Å². The van der Waals surface area contributed by atoms with Crippen molar-refractivity contribution in [3.63, 3.8) is 0 Å². The molecule has 2 amide bonds. The van der Waals surface area contributed by atoms with Gasteiger partial charge in [0, 0.05) is 7.05 Å². The lowest BCUT2D eigenvalue weighted by atomic mass is 10.1. The van der Waals surface area contributed by atoms with Crippen LogP contribution in [-0.2, 0) is 6.42 Å². The minimum Gasteiger partial charge on any atom is -0.394 e. The number of nitrogens with zero attached hydrogens (tertiary/aromatic N) is 1. The summed E-state index contributed by atoms with van der Waals surface area (Å²) in [6.45, 7) is 1.68. The van der Waals surface area contributed by atoms with Crippen LogP contribution in [-0.4, -0.2) is 35.7 Å². The molecule has 2 N–H and O–H groups in total. The van der Waals surface area contributed by atoms with Crippen LogP contribution < -0.4 is 5.32 Å². The van der Waals surface area contributed by atoms with E-state index in [2.05, 4.69) is 5.32 Å². The molecule has 0 fully saturated rings. The van der Waals surface area contributed by atoms with Crippen LogP contribution in [0.25, 0.3) is 0 Å².